The fourth-order valence-electron chi connectivity index (χ4n) is 1.89. The van der Waals surface area contributed by atoms with Crippen LogP contribution >= 0.6 is 23.1 Å². The van der Waals surface area contributed by atoms with E-state index in [0.29, 0.717) is 5.56 Å². The van der Waals surface area contributed by atoms with Crippen molar-refractivity contribution in [3.63, 3.8) is 0 Å². The van der Waals surface area contributed by atoms with Gasteiger partial charge in [-0.05, 0) is 45.0 Å². The highest BCUT2D eigenvalue weighted by Gasteiger charge is 2.14. The molecule has 0 fully saturated rings. The summed E-state index contributed by atoms with van der Waals surface area (Å²) in [4.78, 5) is 29.1. The molecule has 2 rings (SSSR count). The molecule has 1 aromatic carbocycles. The summed E-state index contributed by atoms with van der Waals surface area (Å²) in [6.45, 7) is 5.66. The van der Waals surface area contributed by atoms with Crippen LogP contribution in [0.1, 0.15) is 36.8 Å². The van der Waals surface area contributed by atoms with Crippen molar-refractivity contribution >= 4 is 34.9 Å². The lowest BCUT2D eigenvalue weighted by atomic mass is 10.1. The number of thiazole rings is 1. The van der Waals surface area contributed by atoms with E-state index in [4.69, 9.17) is 0 Å². The molecule has 0 aliphatic heterocycles. The number of rotatable bonds is 6. The average Bonchev–Trinajstić information content (AvgIpc) is 3.03. The van der Waals surface area contributed by atoms with E-state index in [-0.39, 0.29) is 23.9 Å². The summed E-state index contributed by atoms with van der Waals surface area (Å²) in [5.41, 5.74) is 3.10. The minimum Gasteiger partial charge on any atom is -0.350 e. The fourth-order valence-corrected chi connectivity index (χ4v) is 3.36. The van der Waals surface area contributed by atoms with Gasteiger partial charge in [0.05, 0.1) is 17.7 Å². The number of aromatic nitrogens is 1. The van der Waals surface area contributed by atoms with Gasteiger partial charge >= 0.3 is 0 Å². The van der Waals surface area contributed by atoms with E-state index in [1.165, 1.54) is 0 Å². The second-order valence-electron chi connectivity index (χ2n) is 6.27. The van der Waals surface area contributed by atoms with Crippen molar-refractivity contribution in [2.24, 2.45) is 0 Å². The highest BCUT2D eigenvalue weighted by atomic mass is 32.2. The molecule has 5 nitrogen and oxygen atoms in total. The Hall–Kier alpha value is -1.86. The van der Waals surface area contributed by atoms with Crippen molar-refractivity contribution in [2.75, 3.05) is 6.54 Å². The molecule has 0 radical (unpaired) electrons. The van der Waals surface area contributed by atoms with Gasteiger partial charge in [-0.25, -0.2) is 4.98 Å². The Balaban J connectivity index is 1.81. The number of thioether (sulfide) groups is 1. The molecule has 0 bridgehead atoms. The molecule has 0 atom stereocenters. The number of benzene rings is 1. The van der Waals surface area contributed by atoms with Crippen LogP contribution in [0.2, 0.25) is 0 Å². The topological polar surface area (TPSA) is 71.1 Å². The molecule has 0 unspecified atom stereocenters. The van der Waals surface area contributed by atoms with Crippen LogP contribution in [0, 0.1) is 0 Å². The molecule has 0 aliphatic rings. The molecule has 24 heavy (non-hydrogen) atoms. The van der Waals surface area contributed by atoms with Gasteiger partial charge in [0, 0.05) is 27.1 Å². The second kappa shape index (κ2) is 8.30. The lowest BCUT2D eigenvalue weighted by Crippen LogP contribution is -2.45. The third-order valence-corrected chi connectivity index (χ3v) is 4.59. The lowest BCUT2D eigenvalue weighted by molar-refractivity contribution is -0.121. The maximum absolute atomic E-state index is 12.1. The molecule has 0 saturated carbocycles. The van der Waals surface area contributed by atoms with Gasteiger partial charge in [-0.15, -0.1) is 23.1 Å². The van der Waals surface area contributed by atoms with E-state index in [1.54, 1.807) is 35.2 Å². The average molecular weight is 364 g/mol. The Labute approximate surface area is 150 Å². The van der Waals surface area contributed by atoms with Gasteiger partial charge < -0.3 is 10.6 Å². The summed E-state index contributed by atoms with van der Waals surface area (Å²) in [6.07, 6.45) is 0. The first-order valence-electron chi connectivity index (χ1n) is 7.52. The minimum absolute atomic E-state index is 0.0313. The van der Waals surface area contributed by atoms with Gasteiger partial charge in [-0.2, -0.15) is 0 Å². The van der Waals surface area contributed by atoms with Crippen LogP contribution in [-0.2, 0) is 10.5 Å². The largest absolute Gasteiger partial charge is 0.350 e. The molecule has 0 spiro atoms. The van der Waals surface area contributed by atoms with Crippen molar-refractivity contribution in [1.29, 1.82) is 0 Å². The molecule has 7 heteroatoms. The fraction of sp³-hybridized carbons (Fsp3) is 0.353. The van der Waals surface area contributed by atoms with Crippen LogP contribution < -0.4 is 10.6 Å². The van der Waals surface area contributed by atoms with Crippen molar-refractivity contribution in [1.82, 2.24) is 15.6 Å². The Kier molecular flexibility index (Phi) is 6.39. The van der Waals surface area contributed by atoms with Gasteiger partial charge in [0.1, 0.15) is 0 Å². The number of amides is 2. The molecule has 2 N–H and O–H groups in total. The first-order chi connectivity index (χ1) is 11.3. The van der Waals surface area contributed by atoms with Crippen LogP contribution in [0.3, 0.4) is 0 Å². The number of nitrogens with zero attached hydrogens (tertiary/aromatic N) is 1. The zero-order chi connectivity index (χ0) is 17.6. The van der Waals surface area contributed by atoms with E-state index >= 15 is 0 Å². The molecule has 0 aliphatic carbocycles. The van der Waals surface area contributed by atoms with Crippen LogP contribution in [0.15, 0.2) is 40.1 Å². The first kappa shape index (κ1) is 18.5. The molecule has 1 aromatic heterocycles. The van der Waals surface area contributed by atoms with Crippen LogP contribution in [0.5, 0.6) is 0 Å². The Morgan fingerprint density at radius 1 is 1.21 bits per heavy atom. The van der Waals surface area contributed by atoms with E-state index in [2.05, 4.69) is 15.6 Å². The predicted molar refractivity (Wildman–Crippen MR) is 98.3 cm³/mol. The van der Waals surface area contributed by atoms with Crippen molar-refractivity contribution in [3.05, 3.63) is 46.4 Å². The summed E-state index contributed by atoms with van der Waals surface area (Å²) in [6, 6.07) is 7.34. The van der Waals surface area contributed by atoms with Gasteiger partial charge in [0.15, 0.2) is 0 Å². The van der Waals surface area contributed by atoms with E-state index in [1.807, 2.05) is 43.8 Å². The van der Waals surface area contributed by atoms with Gasteiger partial charge in [0.25, 0.3) is 5.91 Å². The molecular weight excluding hydrogens is 342 g/mol. The number of hydrogen-bond acceptors (Lipinski definition) is 5. The van der Waals surface area contributed by atoms with Crippen LogP contribution in [0.4, 0.5) is 0 Å². The SMILES string of the molecule is CC(C)(C)NC(=O)CNC(=O)c1ccc(SCc2cscn2)cc1. The van der Waals surface area contributed by atoms with Crippen LogP contribution in [-0.4, -0.2) is 28.9 Å². The molecule has 1 heterocycles. The standard InChI is InChI=1S/C17H21N3O2S2/c1-17(2,3)20-15(21)8-18-16(22)12-4-6-14(7-5-12)24-10-13-9-23-11-19-13/h4-7,9,11H,8,10H2,1-3H3,(H,18,22)(H,20,21). The maximum atomic E-state index is 12.1. The quantitative estimate of drug-likeness (QED) is 0.774. The van der Waals surface area contributed by atoms with E-state index in [0.717, 1.165) is 16.3 Å². The highest BCUT2D eigenvalue weighted by molar-refractivity contribution is 7.98. The zero-order valence-corrected chi connectivity index (χ0v) is 15.6. The maximum Gasteiger partial charge on any atom is 0.251 e. The van der Waals surface area contributed by atoms with Crippen molar-refractivity contribution in [3.8, 4) is 0 Å². The van der Waals surface area contributed by atoms with Crippen molar-refractivity contribution in [2.45, 2.75) is 37.0 Å². The monoisotopic (exact) mass is 363 g/mol. The van der Waals surface area contributed by atoms with E-state index in [9.17, 15) is 9.59 Å². The Morgan fingerprint density at radius 2 is 1.92 bits per heavy atom. The third kappa shape index (κ3) is 6.33. The summed E-state index contributed by atoms with van der Waals surface area (Å²) in [5.74, 6) is 0.351. The predicted octanol–water partition coefficient (Wildman–Crippen LogP) is 3.08. The van der Waals surface area contributed by atoms with E-state index < -0.39 is 0 Å². The molecule has 128 valence electrons. The Morgan fingerprint density at radius 3 is 2.50 bits per heavy atom. The third-order valence-electron chi connectivity index (χ3n) is 2.91. The van der Waals surface area contributed by atoms with Crippen LogP contribution in [0.25, 0.3) is 0 Å². The number of hydrogen-bond donors (Lipinski definition) is 2. The highest BCUT2D eigenvalue weighted by Crippen LogP contribution is 2.22. The lowest BCUT2D eigenvalue weighted by Gasteiger charge is -2.20. The number of carbonyl (C=O) groups is 2. The summed E-state index contributed by atoms with van der Waals surface area (Å²) in [5, 5.41) is 7.46. The summed E-state index contributed by atoms with van der Waals surface area (Å²) < 4.78 is 0. The van der Waals surface area contributed by atoms with Gasteiger partial charge in [-0.3, -0.25) is 9.59 Å². The van der Waals surface area contributed by atoms with Crippen molar-refractivity contribution < 1.29 is 9.59 Å². The molecule has 2 aromatic rings. The number of nitrogens with one attached hydrogen (secondary N) is 2. The minimum atomic E-state index is -0.308. The summed E-state index contributed by atoms with van der Waals surface area (Å²) in [7, 11) is 0. The smallest absolute Gasteiger partial charge is 0.251 e. The number of carbonyl (C=O) groups excluding carboxylic acids is 2. The molecule has 0 saturated heterocycles. The Bertz CT molecular complexity index is 677. The zero-order valence-electron chi connectivity index (χ0n) is 14.0. The molecular formula is C17H21N3O2S2. The first-order valence-corrected chi connectivity index (χ1v) is 9.45. The summed E-state index contributed by atoms with van der Waals surface area (Å²) >= 11 is 3.25. The normalized spacial score (nSPS) is 11.1. The molecule has 2 amide bonds. The second-order valence-corrected chi connectivity index (χ2v) is 8.04. The van der Waals surface area contributed by atoms with Gasteiger partial charge in [0.2, 0.25) is 5.91 Å². The van der Waals surface area contributed by atoms with Gasteiger partial charge in [-0.1, -0.05) is 0 Å².